The van der Waals surface area contributed by atoms with Crippen molar-refractivity contribution in [2.24, 2.45) is 11.8 Å². The molecule has 2 aliphatic rings. The fourth-order valence-corrected chi connectivity index (χ4v) is 2.16. The van der Waals surface area contributed by atoms with E-state index in [1.54, 1.807) is 0 Å². The van der Waals surface area contributed by atoms with Gasteiger partial charge in [0.1, 0.15) is 0 Å². The van der Waals surface area contributed by atoms with E-state index in [9.17, 15) is 4.79 Å². The predicted molar refractivity (Wildman–Crippen MR) is 56.4 cm³/mol. The average Bonchev–Trinajstić information content (AvgIpc) is 2.61. The number of carbonyl (C=O) groups excluding carboxylic acids is 1. The summed E-state index contributed by atoms with van der Waals surface area (Å²) in [4.78, 5) is 11.4. The Hall–Kier alpha value is -0.540. The normalized spacial score (nSPS) is 29.1. The monoisotopic (exact) mass is 217 g/mol. The molecule has 0 amide bonds. The highest BCUT2D eigenvalue weighted by Crippen LogP contribution is 2.33. The summed E-state index contributed by atoms with van der Waals surface area (Å²) in [5, 5.41) is 3.32. The van der Waals surface area contributed by atoms with Crippen LogP contribution in [0.4, 0.5) is 0 Å². The van der Waals surface area contributed by atoms with Crippen LogP contribution in [-0.4, -0.2) is 25.7 Å². The van der Waals surface area contributed by atoms with E-state index >= 15 is 0 Å². The molecule has 1 saturated heterocycles. The van der Waals surface area contributed by atoms with Gasteiger partial charge in [-0.3, -0.25) is 0 Å². The van der Waals surface area contributed by atoms with Crippen molar-refractivity contribution in [1.29, 1.82) is 0 Å². The molecule has 1 aliphatic carbocycles. The molecule has 2 unspecified atom stereocenters. The van der Waals surface area contributed by atoms with E-state index < -0.39 is 0 Å². The fourth-order valence-electron chi connectivity index (χ4n) is 2.16. The van der Waals surface area contributed by atoms with Gasteiger partial charge in [-0.15, -0.1) is 12.4 Å². The third kappa shape index (κ3) is 2.10. The van der Waals surface area contributed by atoms with Crippen molar-refractivity contribution in [2.75, 3.05) is 19.7 Å². The van der Waals surface area contributed by atoms with E-state index in [1.165, 1.54) is 0 Å². The van der Waals surface area contributed by atoms with Crippen LogP contribution in [0.1, 0.15) is 13.3 Å². The summed E-state index contributed by atoms with van der Waals surface area (Å²) in [7, 11) is 0. The first-order valence-electron chi connectivity index (χ1n) is 4.89. The van der Waals surface area contributed by atoms with Gasteiger partial charge in [-0.05, 0) is 31.7 Å². The van der Waals surface area contributed by atoms with E-state index in [4.69, 9.17) is 4.74 Å². The molecule has 14 heavy (non-hydrogen) atoms. The summed E-state index contributed by atoms with van der Waals surface area (Å²) < 4.78 is 4.96. The molecule has 0 saturated carbocycles. The van der Waals surface area contributed by atoms with E-state index in [1.807, 2.05) is 6.92 Å². The molecule has 4 heteroatoms. The van der Waals surface area contributed by atoms with Crippen LogP contribution in [-0.2, 0) is 9.53 Å². The Morgan fingerprint density at radius 1 is 1.64 bits per heavy atom. The number of carbonyl (C=O) groups is 1. The van der Waals surface area contributed by atoms with Gasteiger partial charge in [0.05, 0.1) is 6.61 Å². The molecule has 80 valence electrons. The van der Waals surface area contributed by atoms with Gasteiger partial charge in [-0.1, -0.05) is 6.08 Å². The molecule has 0 aromatic rings. The van der Waals surface area contributed by atoms with Crippen molar-refractivity contribution in [2.45, 2.75) is 13.3 Å². The number of halogens is 1. The van der Waals surface area contributed by atoms with Crippen molar-refractivity contribution >= 4 is 18.4 Å². The van der Waals surface area contributed by atoms with Gasteiger partial charge in [0.15, 0.2) is 0 Å². The highest BCUT2D eigenvalue weighted by atomic mass is 35.5. The molecule has 2 rings (SSSR count). The minimum atomic E-state index is -0.114. The lowest BCUT2D eigenvalue weighted by atomic mass is 10.00. The lowest BCUT2D eigenvalue weighted by Gasteiger charge is -2.05. The summed E-state index contributed by atoms with van der Waals surface area (Å²) in [6.45, 7) is 4.39. The second kappa shape index (κ2) is 4.80. The summed E-state index contributed by atoms with van der Waals surface area (Å²) in [5.41, 5.74) is 0.887. The Labute approximate surface area is 90.3 Å². The van der Waals surface area contributed by atoms with E-state index in [2.05, 4.69) is 11.4 Å². The van der Waals surface area contributed by atoms with Crippen LogP contribution in [0.25, 0.3) is 0 Å². The van der Waals surface area contributed by atoms with Gasteiger partial charge in [-0.25, -0.2) is 4.79 Å². The largest absolute Gasteiger partial charge is 0.463 e. The van der Waals surface area contributed by atoms with Gasteiger partial charge < -0.3 is 10.1 Å². The van der Waals surface area contributed by atoms with Crippen molar-refractivity contribution in [3.8, 4) is 0 Å². The van der Waals surface area contributed by atoms with Gasteiger partial charge >= 0.3 is 5.97 Å². The Bertz CT molecular complexity index is 253. The van der Waals surface area contributed by atoms with Crippen LogP contribution in [0.3, 0.4) is 0 Å². The molecule has 1 aliphatic heterocycles. The minimum Gasteiger partial charge on any atom is -0.463 e. The zero-order valence-corrected chi connectivity index (χ0v) is 9.10. The Balaban J connectivity index is 0.000000980. The molecule has 0 spiro atoms. The SMILES string of the molecule is CCOC(=O)C1=CC2CNCC2C1.Cl. The predicted octanol–water partition coefficient (Wildman–Crippen LogP) is 1.14. The lowest BCUT2D eigenvalue weighted by Crippen LogP contribution is -2.12. The summed E-state index contributed by atoms with van der Waals surface area (Å²) >= 11 is 0. The molecule has 1 fully saturated rings. The second-order valence-electron chi connectivity index (χ2n) is 3.70. The van der Waals surface area contributed by atoms with E-state index in [0.29, 0.717) is 18.4 Å². The van der Waals surface area contributed by atoms with Crippen LogP contribution in [0, 0.1) is 11.8 Å². The lowest BCUT2D eigenvalue weighted by molar-refractivity contribution is -0.138. The third-order valence-corrected chi connectivity index (χ3v) is 2.83. The molecule has 1 N–H and O–H groups in total. The number of hydrogen-bond donors (Lipinski definition) is 1. The first kappa shape index (κ1) is 11.5. The van der Waals surface area contributed by atoms with Crippen molar-refractivity contribution in [1.82, 2.24) is 5.32 Å². The standard InChI is InChI=1S/C10H15NO2.ClH/c1-2-13-10(12)7-3-8-5-11-6-9(8)4-7;/h3,8-9,11H,2,4-6H2,1H3;1H. The summed E-state index contributed by atoms with van der Waals surface area (Å²) in [5.74, 6) is 1.09. The van der Waals surface area contributed by atoms with Crippen LogP contribution >= 0.6 is 12.4 Å². The van der Waals surface area contributed by atoms with Crippen LogP contribution in [0.5, 0.6) is 0 Å². The van der Waals surface area contributed by atoms with Crippen LogP contribution in [0.2, 0.25) is 0 Å². The molecular weight excluding hydrogens is 202 g/mol. The number of fused-ring (bicyclic) bond motifs is 1. The van der Waals surface area contributed by atoms with Crippen molar-refractivity contribution < 1.29 is 9.53 Å². The number of hydrogen-bond acceptors (Lipinski definition) is 3. The zero-order valence-electron chi connectivity index (χ0n) is 8.29. The Morgan fingerprint density at radius 2 is 2.43 bits per heavy atom. The first-order chi connectivity index (χ1) is 6.31. The number of nitrogens with one attached hydrogen (secondary N) is 1. The third-order valence-electron chi connectivity index (χ3n) is 2.83. The van der Waals surface area contributed by atoms with Crippen LogP contribution in [0.15, 0.2) is 11.6 Å². The smallest absolute Gasteiger partial charge is 0.333 e. The number of rotatable bonds is 2. The summed E-state index contributed by atoms with van der Waals surface area (Å²) in [6, 6.07) is 0. The zero-order chi connectivity index (χ0) is 9.26. The molecule has 2 atom stereocenters. The summed E-state index contributed by atoms with van der Waals surface area (Å²) in [6.07, 6.45) is 2.99. The van der Waals surface area contributed by atoms with Gasteiger partial charge in [0.2, 0.25) is 0 Å². The molecule has 3 nitrogen and oxygen atoms in total. The van der Waals surface area contributed by atoms with Gasteiger partial charge in [0.25, 0.3) is 0 Å². The highest BCUT2D eigenvalue weighted by molar-refractivity contribution is 5.89. The first-order valence-corrected chi connectivity index (χ1v) is 4.89. The van der Waals surface area contributed by atoms with Crippen molar-refractivity contribution in [3.05, 3.63) is 11.6 Å². The molecule has 0 radical (unpaired) electrons. The number of ether oxygens (including phenoxy) is 1. The molecule has 0 bridgehead atoms. The second-order valence-corrected chi connectivity index (χ2v) is 3.70. The maximum atomic E-state index is 11.4. The quantitative estimate of drug-likeness (QED) is 0.705. The molecular formula is C10H16ClNO2. The number of esters is 1. The molecule has 0 aromatic heterocycles. The van der Waals surface area contributed by atoms with Gasteiger partial charge in [-0.2, -0.15) is 0 Å². The minimum absolute atomic E-state index is 0. The topological polar surface area (TPSA) is 38.3 Å². The van der Waals surface area contributed by atoms with E-state index in [-0.39, 0.29) is 18.4 Å². The maximum absolute atomic E-state index is 11.4. The Morgan fingerprint density at radius 3 is 3.07 bits per heavy atom. The van der Waals surface area contributed by atoms with Gasteiger partial charge in [0, 0.05) is 12.1 Å². The fraction of sp³-hybridized carbons (Fsp3) is 0.700. The molecule has 1 heterocycles. The maximum Gasteiger partial charge on any atom is 0.333 e. The van der Waals surface area contributed by atoms with Crippen molar-refractivity contribution in [3.63, 3.8) is 0 Å². The van der Waals surface area contributed by atoms with Crippen LogP contribution < -0.4 is 5.32 Å². The molecule has 0 aromatic carbocycles. The average molecular weight is 218 g/mol. The van der Waals surface area contributed by atoms with E-state index in [0.717, 1.165) is 25.1 Å². The highest BCUT2D eigenvalue weighted by Gasteiger charge is 2.34. The Kier molecular flexibility index (Phi) is 3.96.